The van der Waals surface area contributed by atoms with Crippen LogP contribution in [0.2, 0.25) is 0 Å². The normalized spacial score (nSPS) is 12.5. The standard InChI is InChI=1S/C32H36N4O5/c1-6-18-36(30(39)26(20-27(33)37)35-31(40)41-32(3,4)5)28(25-15-11-10-12-21(25)7-2)29(38)34-24-17-16-22-13-8-9-14-23(22)19-24/h2,8-17,19,26,28H,6,18,20H2,1,3-5H3,(H2,33,37)(H,34,38)(H,35,40). The highest BCUT2D eigenvalue weighted by Gasteiger charge is 2.37. The molecule has 4 N–H and O–H groups in total. The van der Waals surface area contributed by atoms with Gasteiger partial charge in [-0.25, -0.2) is 4.79 Å². The van der Waals surface area contributed by atoms with Crippen molar-refractivity contribution in [1.82, 2.24) is 10.2 Å². The molecule has 0 saturated heterocycles. The molecule has 9 heteroatoms. The van der Waals surface area contributed by atoms with Gasteiger partial charge in [0.05, 0.1) is 6.42 Å². The lowest BCUT2D eigenvalue weighted by molar-refractivity contribution is -0.141. The third-order valence-electron chi connectivity index (χ3n) is 6.13. The molecular formula is C32H36N4O5. The maximum Gasteiger partial charge on any atom is 0.408 e. The minimum Gasteiger partial charge on any atom is -0.444 e. The molecular weight excluding hydrogens is 520 g/mol. The van der Waals surface area contributed by atoms with Gasteiger partial charge in [-0.3, -0.25) is 14.4 Å². The molecule has 0 saturated carbocycles. The highest BCUT2D eigenvalue weighted by molar-refractivity contribution is 6.01. The van der Waals surface area contributed by atoms with Crippen LogP contribution in [-0.2, 0) is 19.1 Å². The van der Waals surface area contributed by atoms with Gasteiger partial charge in [0.1, 0.15) is 17.7 Å². The van der Waals surface area contributed by atoms with E-state index in [2.05, 4.69) is 16.6 Å². The van der Waals surface area contributed by atoms with Crippen LogP contribution >= 0.6 is 0 Å². The van der Waals surface area contributed by atoms with Crippen molar-refractivity contribution in [2.24, 2.45) is 5.73 Å². The summed E-state index contributed by atoms with van der Waals surface area (Å²) in [5.74, 6) is 0.591. The molecule has 2 unspecified atom stereocenters. The summed E-state index contributed by atoms with van der Waals surface area (Å²) in [6, 6.07) is 17.5. The quantitative estimate of drug-likeness (QED) is 0.316. The van der Waals surface area contributed by atoms with Crippen LogP contribution < -0.4 is 16.4 Å². The van der Waals surface area contributed by atoms with Gasteiger partial charge in [0.15, 0.2) is 0 Å². The van der Waals surface area contributed by atoms with Crippen molar-refractivity contribution in [2.75, 3.05) is 11.9 Å². The number of amides is 4. The lowest BCUT2D eigenvalue weighted by atomic mass is 9.97. The number of rotatable bonds is 10. The molecule has 0 heterocycles. The summed E-state index contributed by atoms with van der Waals surface area (Å²) < 4.78 is 5.30. The van der Waals surface area contributed by atoms with Crippen LogP contribution in [0.1, 0.15) is 57.7 Å². The second-order valence-electron chi connectivity index (χ2n) is 10.6. The number of nitrogens with two attached hydrogens (primary N) is 1. The molecule has 0 spiro atoms. The van der Waals surface area contributed by atoms with Crippen LogP contribution in [0.4, 0.5) is 10.5 Å². The number of benzene rings is 3. The van der Waals surface area contributed by atoms with Gasteiger partial charge in [0.2, 0.25) is 11.8 Å². The third-order valence-corrected chi connectivity index (χ3v) is 6.13. The smallest absolute Gasteiger partial charge is 0.408 e. The number of nitrogens with zero attached hydrogens (tertiary/aromatic N) is 1. The van der Waals surface area contributed by atoms with E-state index in [1.165, 1.54) is 4.90 Å². The van der Waals surface area contributed by atoms with Gasteiger partial charge in [0, 0.05) is 17.8 Å². The molecule has 0 aliphatic rings. The Labute approximate surface area is 240 Å². The SMILES string of the molecule is C#Cc1ccccc1C(C(=O)Nc1ccc2ccccc2c1)N(CCC)C(=O)C(CC(N)=O)NC(=O)OC(C)(C)C. The van der Waals surface area contributed by atoms with E-state index in [9.17, 15) is 19.2 Å². The summed E-state index contributed by atoms with van der Waals surface area (Å²) >= 11 is 0. The molecule has 0 aromatic heterocycles. The van der Waals surface area contributed by atoms with Crippen LogP contribution in [0.25, 0.3) is 10.8 Å². The number of ether oxygens (including phenoxy) is 1. The van der Waals surface area contributed by atoms with Crippen molar-refractivity contribution < 1.29 is 23.9 Å². The Balaban J connectivity index is 2.05. The van der Waals surface area contributed by atoms with Crippen LogP contribution in [0.15, 0.2) is 66.7 Å². The second kappa shape index (κ2) is 13.5. The number of hydrogen-bond acceptors (Lipinski definition) is 5. The number of carbonyl (C=O) groups is 4. The van der Waals surface area contributed by atoms with Gasteiger partial charge < -0.3 is 26.0 Å². The zero-order chi connectivity index (χ0) is 30.2. The van der Waals surface area contributed by atoms with Gasteiger partial charge in [-0.1, -0.05) is 61.4 Å². The van der Waals surface area contributed by atoms with Gasteiger partial charge in [-0.2, -0.15) is 0 Å². The van der Waals surface area contributed by atoms with Gasteiger partial charge in [-0.15, -0.1) is 6.42 Å². The van der Waals surface area contributed by atoms with E-state index in [0.717, 1.165) is 10.8 Å². The first kappa shape index (κ1) is 30.7. The molecule has 3 aromatic rings. The average Bonchev–Trinajstić information content (AvgIpc) is 2.91. The van der Waals surface area contributed by atoms with E-state index in [1.807, 2.05) is 43.3 Å². The molecule has 3 rings (SSSR count). The maximum absolute atomic E-state index is 14.0. The van der Waals surface area contributed by atoms with Crippen molar-refractivity contribution in [3.8, 4) is 12.3 Å². The van der Waals surface area contributed by atoms with Gasteiger partial charge in [0.25, 0.3) is 5.91 Å². The first-order chi connectivity index (χ1) is 19.4. The number of hydrogen-bond donors (Lipinski definition) is 3. The van der Waals surface area contributed by atoms with Crippen LogP contribution in [-0.4, -0.2) is 46.9 Å². The van der Waals surface area contributed by atoms with E-state index in [1.54, 1.807) is 51.1 Å². The first-order valence-electron chi connectivity index (χ1n) is 13.4. The fourth-order valence-electron chi connectivity index (χ4n) is 4.45. The summed E-state index contributed by atoms with van der Waals surface area (Å²) in [5, 5.41) is 7.32. The van der Waals surface area contributed by atoms with E-state index in [0.29, 0.717) is 23.2 Å². The van der Waals surface area contributed by atoms with Crippen molar-refractivity contribution in [3.05, 3.63) is 77.9 Å². The summed E-state index contributed by atoms with van der Waals surface area (Å²) in [7, 11) is 0. The molecule has 214 valence electrons. The number of nitrogens with one attached hydrogen (secondary N) is 2. The monoisotopic (exact) mass is 556 g/mol. The number of alkyl carbamates (subject to hydrolysis) is 1. The summed E-state index contributed by atoms with van der Waals surface area (Å²) in [6.45, 7) is 6.98. The Morgan fingerprint density at radius 2 is 1.66 bits per heavy atom. The van der Waals surface area contributed by atoms with Gasteiger partial charge in [-0.05, 0) is 61.7 Å². The maximum atomic E-state index is 14.0. The predicted molar refractivity (Wildman–Crippen MR) is 159 cm³/mol. The molecule has 0 aliphatic carbocycles. The molecule has 9 nitrogen and oxygen atoms in total. The number of anilines is 1. The Bertz CT molecular complexity index is 1470. The number of primary amides is 1. The van der Waals surface area contributed by atoms with E-state index >= 15 is 0 Å². The summed E-state index contributed by atoms with van der Waals surface area (Å²) in [5.41, 5.74) is 5.97. The zero-order valence-corrected chi connectivity index (χ0v) is 23.8. The fraction of sp³-hybridized carbons (Fsp3) is 0.312. The average molecular weight is 557 g/mol. The van der Waals surface area contributed by atoms with Gasteiger partial charge >= 0.3 is 6.09 Å². The molecule has 0 bridgehead atoms. The second-order valence-corrected chi connectivity index (χ2v) is 10.6. The van der Waals surface area contributed by atoms with E-state index in [-0.39, 0.29) is 6.54 Å². The topological polar surface area (TPSA) is 131 Å². The number of fused-ring (bicyclic) bond motifs is 1. The number of terminal acetylenes is 1. The molecule has 0 aliphatic heterocycles. The highest BCUT2D eigenvalue weighted by atomic mass is 16.6. The van der Waals surface area contributed by atoms with Crippen LogP contribution in [0, 0.1) is 12.3 Å². The third kappa shape index (κ3) is 8.32. The Morgan fingerprint density at radius 3 is 2.29 bits per heavy atom. The van der Waals surface area contributed by atoms with Crippen molar-refractivity contribution in [2.45, 2.75) is 58.2 Å². The largest absolute Gasteiger partial charge is 0.444 e. The molecule has 4 amide bonds. The predicted octanol–water partition coefficient (Wildman–Crippen LogP) is 4.51. The lowest BCUT2D eigenvalue weighted by Crippen LogP contribution is -2.53. The zero-order valence-electron chi connectivity index (χ0n) is 23.8. The number of carbonyl (C=O) groups excluding carboxylic acids is 4. The molecule has 0 radical (unpaired) electrons. The minimum atomic E-state index is -1.37. The summed E-state index contributed by atoms with van der Waals surface area (Å²) in [4.78, 5) is 53.9. The van der Waals surface area contributed by atoms with Crippen molar-refractivity contribution in [3.63, 3.8) is 0 Å². The van der Waals surface area contributed by atoms with E-state index in [4.69, 9.17) is 16.9 Å². The first-order valence-corrected chi connectivity index (χ1v) is 13.4. The van der Waals surface area contributed by atoms with Crippen LogP contribution in [0.3, 0.4) is 0 Å². The summed E-state index contributed by atoms with van der Waals surface area (Å²) in [6.07, 6.45) is 4.87. The Kier molecular flexibility index (Phi) is 10.1. The molecule has 3 aromatic carbocycles. The van der Waals surface area contributed by atoms with Crippen LogP contribution in [0.5, 0.6) is 0 Å². The molecule has 0 fully saturated rings. The Morgan fingerprint density at radius 1 is 1.00 bits per heavy atom. The molecule has 2 atom stereocenters. The van der Waals surface area contributed by atoms with E-state index < -0.39 is 47.9 Å². The molecule has 41 heavy (non-hydrogen) atoms. The minimum absolute atomic E-state index is 0.124. The van der Waals surface area contributed by atoms with Crippen molar-refractivity contribution in [1.29, 1.82) is 0 Å². The van der Waals surface area contributed by atoms with Crippen molar-refractivity contribution >= 4 is 40.3 Å². The Hall–Kier alpha value is -4.84. The highest BCUT2D eigenvalue weighted by Crippen LogP contribution is 2.28. The lowest BCUT2D eigenvalue weighted by Gasteiger charge is -2.34. The fourth-order valence-corrected chi connectivity index (χ4v) is 4.45.